The van der Waals surface area contributed by atoms with Crippen molar-refractivity contribution in [2.75, 3.05) is 11.6 Å². The highest BCUT2D eigenvalue weighted by Crippen LogP contribution is 2.22. The number of hydrogen-bond donors (Lipinski definition) is 0. The molecule has 0 radical (unpaired) electrons. The van der Waals surface area contributed by atoms with Crippen LogP contribution in [0.2, 0.25) is 5.15 Å². The number of nitriles is 1. The van der Waals surface area contributed by atoms with Crippen molar-refractivity contribution in [2.24, 2.45) is 5.10 Å². The Hall–Kier alpha value is -2.45. The molecular formula is C15H14ClN5. The zero-order valence-electron chi connectivity index (χ0n) is 11.8. The number of anilines is 1. The van der Waals surface area contributed by atoms with Crippen LogP contribution in [0.4, 0.5) is 5.82 Å². The highest BCUT2D eigenvalue weighted by atomic mass is 35.5. The maximum absolute atomic E-state index is 9.01. The summed E-state index contributed by atoms with van der Waals surface area (Å²) < 4.78 is 0. The Kier molecular flexibility index (Phi) is 4.85. The van der Waals surface area contributed by atoms with Gasteiger partial charge in [-0.25, -0.2) is 9.99 Å². The van der Waals surface area contributed by atoms with Crippen molar-refractivity contribution in [3.8, 4) is 6.07 Å². The maximum atomic E-state index is 9.01. The van der Waals surface area contributed by atoms with Gasteiger partial charge in [-0.3, -0.25) is 4.98 Å². The average Bonchev–Trinajstić information content (AvgIpc) is 2.49. The zero-order valence-corrected chi connectivity index (χ0v) is 12.5. The molecule has 0 atom stereocenters. The molecule has 6 heteroatoms. The third kappa shape index (κ3) is 3.56. The summed E-state index contributed by atoms with van der Waals surface area (Å²) in [5, 5.41) is 15.3. The molecule has 0 bridgehead atoms. The van der Waals surface area contributed by atoms with E-state index in [-0.39, 0.29) is 5.15 Å². The number of pyridine rings is 2. The van der Waals surface area contributed by atoms with E-state index in [2.05, 4.69) is 15.1 Å². The van der Waals surface area contributed by atoms with Gasteiger partial charge in [-0.2, -0.15) is 10.4 Å². The van der Waals surface area contributed by atoms with Crippen molar-refractivity contribution in [2.45, 2.75) is 13.8 Å². The molecule has 5 nitrogen and oxygen atoms in total. The largest absolute Gasteiger partial charge is 0.264 e. The van der Waals surface area contributed by atoms with E-state index in [1.165, 1.54) is 0 Å². The Morgan fingerprint density at radius 3 is 2.90 bits per heavy atom. The predicted molar refractivity (Wildman–Crippen MR) is 83.6 cm³/mol. The van der Waals surface area contributed by atoms with E-state index in [1.807, 2.05) is 32.0 Å². The van der Waals surface area contributed by atoms with E-state index in [0.29, 0.717) is 17.9 Å². The molecule has 2 rings (SSSR count). The first-order chi connectivity index (χ1) is 10.2. The molecule has 2 aromatic rings. The normalized spacial score (nSPS) is 10.6. The first-order valence-corrected chi connectivity index (χ1v) is 6.82. The van der Waals surface area contributed by atoms with Crippen LogP contribution in [0.25, 0.3) is 0 Å². The van der Waals surface area contributed by atoms with Crippen molar-refractivity contribution in [1.29, 1.82) is 5.26 Å². The van der Waals surface area contributed by atoms with Crippen LogP contribution in [0.15, 0.2) is 35.7 Å². The molecule has 0 aliphatic carbocycles. The van der Waals surface area contributed by atoms with Gasteiger partial charge in [0.15, 0.2) is 5.82 Å². The summed E-state index contributed by atoms with van der Waals surface area (Å²) in [5.74, 6) is 0.610. The van der Waals surface area contributed by atoms with E-state index >= 15 is 0 Å². The molecule has 0 fully saturated rings. The first-order valence-electron chi connectivity index (χ1n) is 6.44. The second kappa shape index (κ2) is 6.82. The number of aryl methyl sites for hydroxylation is 1. The Balaban J connectivity index is 2.30. The van der Waals surface area contributed by atoms with Crippen LogP contribution in [0.5, 0.6) is 0 Å². The molecule has 2 heterocycles. The standard InChI is InChI=1S/C15H14ClN5/c1-3-21(19-10-12-5-4-6-18-9-12)14-7-11(2)13(8-17)15(16)20-14/h4-7,9-10H,3H2,1-2H3/b19-10+. The minimum Gasteiger partial charge on any atom is -0.264 e. The molecule has 0 aromatic carbocycles. The minimum absolute atomic E-state index is 0.197. The summed E-state index contributed by atoms with van der Waals surface area (Å²) in [6, 6.07) is 7.60. The van der Waals surface area contributed by atoms with Crippen LogP contribution in [0, 0.1) is 18.3 Å². The van der Waals surface area contributed by atoms with Gasteiger partial charge in [-0.05, 0) is 31.5 Å². The van der Waals surface area contributed by atoms with Crippen LogP contribution >= 0.6 is 11.6 Å². The van der Waals surface area contributed by atoms with Crippen molar-refractivity contribution >= 4 is 23.6 Å². The van der Waals surface area contributed by atoms with Crippen molar-refractivity contribution < 1.29 is 0 Å². The highest BCUT2D eigenvalue weighted by molar-refractivity contribution is 6.30. The average molecular weight is 300 g/mol. The predicted octanol–water partition coefficient (Wildman–Crippen LogP) is 3.17. The van der Waals surface area contributed by atoms with Gasteiger partial charge in [0.05, 0.1) is 11.8 Å². The van der Waals surface area contributed by atoms with Gasteiger partial charge in [0.1, 0.15) is 11.2 Å². The lowest BCUT2D eigenvalue weighted by Gasteiger charge is -2.17. The lowest BCUT2D eigenvalue weighted by Crippen LogP contribution is -2.17. The topological polar surface area (TPSA) is 65.2 Å². The molecule has 0 aliphatic rings. The fourth-order valence-corrected chi connectivity index (χ4v) is 2.05. The zero-order chi connectivity index (χ0) is 15.2. The number of aromatic nitrogens is 2. The Morgan fingerprint density at radius 2 is 2.33 bits per heavy atom. The molecule has 0 saturated carbocycles. The molecule has 0 aliphatic heterocycles. The number of hydrogen-bond acceptors (Lipinski definition) is 5. The van der Waals surface area contributed by atoms with Gasteiger partial charge >= 0.3 is 0 Å². The van der Waals surface area contributed by atoms with Crippen LogP contribution in [0.3, 0.4) is 0 Å². The third-order valence-electron chi connectivity index (χ3n) is 2.87. The molecule has 0 N–H and O–H groups in total. The number of hydrazone groups is 1. The highest BCUT2D eigenvalue weighted by Gasteiger charge is 2.11. The van der Waals surface area contributed by atoms with Crippen molar-refractivity contribution in [1.82, 2.24) is 9.97 Å². The molecule has 0 unspecified atom stereocenters. The van der Waals surface area contributed by atoms with E-state index in [9.17, 15) is 0 Å². The SMILES string of the molecule is CCN(/N=C/c1cccnc1)c1cc(C)c(C#N)c(Cl)n1. The van der Waals surface area contributed by atoms with Crippen LogP contribution < -0.4 is 5.01 Å². The number of rotatable bonds is 4. The smallest absolute Gasteiger partial charge is 0.150 e. The quantitative estimate of drug-likeness (QED) is 0.494. The second-order valence-electron chi connectivity index (χ2n) is 4.32. The van der Waals surface area contributed by atoms with Crippen LogP contribution in [0.1, 0.15) is 23.6 Å². The van der Waals surface area contributed by atoms with Crippen LogP contribution in [-0.2, 0) is 0 Å². The Morgan fingerprint density at radius 1 is 1.52 bits per heavy atom. The summed E-state index contributed by atoms with van der Waals surface area (Å²) in [7, 11) is 0. The summed E-state index contributed by atoms with van der Waals surface area (Å²) in [6.07, 6.45) is 5.14. The molecule has 106 valence electrons. The maximum Gasteiger partial charge on any atom is 0.150 e. The number of halogens is 1. The molecule has 0 saturated heterocycles. The van der Waals surface area contributed by atoms with Gasteiger partial charge in [-0.15, -0.1) is 0 Å². The molecule has 21 heavy (non-hydrogen) atoms. The lowest BCUT2D eigenvalue weighted by atomic mass is 10.2. The van der Waals surface area contributed by atoms with E-state index in [1.54, 1.807) is 29.7 Å². The van der Waals surface area contributed by atoms with Gasteiger partial charge in [0, 0.05) is 24.5 Å². The molecule has 0 amide bonds. The van der Waals surface area contributed by atoms with E-state index in [4.69, 9.17) is 16.9 Å². The summed E-state index contributed by atoms with van der Waals surface area (Å²) in [4.78, 5) is 8.26. The summed E-state index contributed by atoms with van der Waals surface area (Å²) >= 11 is 6.03. The van der Waals surface area contributed by atoms with Crippen molar-refractivity contribution in [3.63, 3.8) is 0 Å². The lowest BCUT2D eigenvalue weighted by molar-refractivity contribution is 0.871. The first kappa shape index (κ1) is 14.9. The van der Waals surface area contributed by atoms with E-state index < -0.39 is 0 Å². The minimum atomic E-state index is 0.197. The summed E-state index contributed by atoms with van der Waals surface area (Å²) in [6.45, 7) is 4.42. The molecule has 2 aromatic heterocycles. The van der Waals surface area contributed by atoms with E-state index in [0.717, 1.165) is 11.1 Å². The Labute approximate surface area is 128 Å². The molecular weight excluding hydrogens is 286 g/mol. The molecule has 0 spiro atoms. The Bertz CT molecular complexity index is 668. The van der Waals surface area contributed by atoms with Gasteiger partial charge < -0.3 is 0 Å². The number of nitrogens with zero attached hydrogens (tertiary/aromatic N) is 5. The third-order valence-corrected chi connectivity index (χ3v) is 3.14. The fraction of sp³-hybridized carbons (Fsp3) is 0.200. The van der Waals surface area contributed by atoms with Crippen molar-refractivity contribution in [3.05, 3.63) is 52.4 Å². The van der Waals surface area contributed by atoms with Gasteiger partial charge in [0.25, 0.3) is 0 Å². The monoisotopic (exact) mass is 299 g/mol. The van der Waals surface area contributed by atoms with Crippen LogP contribution in [-0.4, -0.2) is 22.7 Å². The summed E-state index contributed by atoms with van der Waals surface area (Å²) in [5.41, 5.74) is 2.07. The van der Waals surface area contributed by atoms with Gasteiger partial charge in [0.2, 0.25) is 0 Å². The fourth-order valence-electron chi connectivity index (χ4n) is 1.78. The van der Waals surface area contributed by atoms with Gasteiger partial charge in [-0.1, -0.05) is 17.7 Å². The second-order valence-corrected chi connectivity index (χ2v) is 4.68.